The molecule has 2 heterocycles. The monoisotopic (exact) mass is 434 g/mol. The molecule has 2 aromatic carbocycles. The number of carbonyl (C=O) groups excluding carboxylic acids is 1. The zero-order valence-electron chi connectivity index (χ0n) is 18.9. The van der Waals surface area contributed by atoms with E-state index in [-0.39, 0.29) is 12.1 Å². The van der Waals surface area contributed by atoms with E-state index >= 15 is 0 Å². The lowest BCUT2D eigenvalue weighted by Crippen LogP contribution is -2.45. The number of hydrogen-bond donors (Lipinski definition) is 2. The Morgan fingerprint density at radius 1 is 1.09 bits per heavy atom. The van der Waals surface area contributed by atoms with Crippen LogP contribution in [-0.4, -0.2) is 49.3 Å². The van der Waals surface area contributed by atoms with Crippen molar-refractivity contribution in [2.24, 2.45) is 0 Å². The molecule has 1 aliphatic heterocycles. The van der Waals surface area contributed by atoms with E-state index in [1.807, 2.05) is 49.5 Å². The van der Waals surface area contributed by atoms with Crippen LogP contribution >= 0.6 is 0 Å². The number of para-hydroxylation sites is 1. The van der Waals surface area contributed by atoms with Crippen molar-refractivity contribution in [3.63, 3.8) is 0 Å². The quantitative estimate of drug-likeness (QED) is 0.603. The van der Waals surface area contributed by atoms with Crippen LogP contribution in [0, 0.1) is 6.92 Å². The lowest BCUT2D eigenvalue weighted by atomic mass is 10.0. The lowest BCUT2D eigenvalue weighted by Gasteiger charge is -2.32. The number of rotatable bonds is 6. The maximum absolute atomic E-state index is 12.4. The summed E-state index contributed by atoms with van der Waals surface area (Å²) in [6.07, 6.45) is 3.68. The number of nitrogens with zero attached hydrogens (tertiary/aromatic N) is 2. The zero-order valence-corrected chi connectivity index (χ0v) is 18.9. The van der Waals surface area contributed by atoms with E-state index in [2.05, 4.69) is 26.6 Å². The average Bonchev–Trinajstić information content (AvgIpc) is 2.81. The Labute approximate surface area is 188 Å². The number of amides is 2. The van der Waals surface area contributed by atoms with E-state index in [0.29, 0.717) is 11.5 Å². The predicted octanol–water partition coefficient (Wildman–Crippen LogP) is 4.35. The molecule has 2 N–H and O–H groups in total. The number of likely N-dealkylation sites (tertiary alicyclic amines) is 1. The van der Waals surface area contributed by atoms with Gasteiger partial charge in [-0.3, -0.25) is 9.88 Å². The van der Waals surface area contributed by atoms with E-state index < -0.39 is 0 Å². The van der Waals surface area contributed by atoms with Gasteiger partial charge in [-0.15, -0.1) is 0 Å². The van der Waals surface area contributed by atoms with Crippen LogP contribution in [0.5, 0.6) is 11.5 Å². The molecule has 168 valence electrons. The van der Waals surface area contributed by atoms with Crippen molar-refractivity contribution < 1.29 is 14.3 Å². The van der Waals surface area contributed by atoms with Gasteiger partial charge in [0.15, 0.2) is 11.5 Å². The number of carbonyl (C=O) groups is 1. The summed E-state index contributed by atoms with van der Waals surface area (Å²) in [6, 6.07) is 13.8. The van der Waals surface area contributed by atoms with E-state index in [4.69, 9.17) is 9.47 Å². The minimum absolute atomic E-state index is 0.140. The minimum atomic E-state index is -0.140. The highest BCUT2D eigenvalue weighted by atomic mass is 16.5. The first-order chi connectivity index (χ1) is 15.6. The number of nitrogens with one attached hydrogen (secondary N) is 2. The number of anilines is 1. The molecule has 1 fully saturated rings. The number of methoxy groups -OCH3 is 2. The Morgan fingerprint density at radius 2 is 1.81 bits per heavy atom. The molecular weight excluding hydrogens is 404 g/mol. The first-order valence-corrected chi connectivity index (χ1v) is 10.9. The predicted molar refractivity (Wildman–Crippen MR) is 126 cm³/mol. The molecule has 0 bridgehead atoms. The highest BCUT2D eigenvalue weighted by molar-refractivity contribution is 5.90. The molecule has 32 heavy (non-hydrogen) atoms. The minimum Gasteiger partial charge on any atom is -0.493 e. The van der Waals surface area contributed by atoms with Crippen molar-refractivity contribution in [3.05, 3.63) is 59.8 Å². The van der Waals surface area contributed by atoms with Gasteiger partial charge in [0.25, 0.3) is 0 Å². The molecule has 7 nitrogen and oxygen atoms in total. The summed E-state index contributed by atoms with van der Waals surface area (Å²) in [5.41, 5.74) is 4.00. The van der Waals surface area contributed by atoms with Crippen molar-refractivity contribution in [2.45, 2.75) is 32.4 Å². The molecule has 0 radical (unpaired) electrons. The third-order valence-electron chi connectivity index (χ3n) is 6.05. The van der Waals surface area contributed by atoms with Crippen molar-refractivity contribution in [3.8, 4) is 11.5 Å². The van der Waals surface area contributed by atoms with E-state index in [9.17, 15) is 4.79 Å². The molecule has 1 aromatic heterocycles. The fraction of sp³-hybridized carbons (Fsp3) is 0.360. The first kappa shape index (κ1) is 21.9. The van der Waals surface area contributed by atoms with Crippen LogP contribution in [0.25, 0.3) is 10.9 Å². The SMILES string of the molecule is COc1cc2nccc(CN3CCC(NC(=O)Nc4ccccc4C)CC3)c2cc1OC. The summed E-state index contributed by atoms with van der Waals surface area (Å²) in [7, 11) is 3.28. The van der Waals surface area contributed by atoms with Crippen LogP contribution in [0.4, 0.5) is 10.5 Å². The number of piperidine rings is 1. The Hall–Kier alpha value is -3.32. The van der Waals surface area contributed by atoms with Crippen LogP contribution in [0.2, 0.25) is 0 Å². The molecule has 7 heteroatoms. The number of aryl methyl sites for hydroxylation is 1. The van der Waals surface area contributed by atoms with Gasteiger partial charge in [0.1, 0.15) is 0 Å². The first-order valence-electron chi connectivity index (χ1n) is 10.9. The second kappa shape index (κ2) is 9.87. The van der Waals surface area contributed by atoms with Gasteiger partial charge >= 0.3 is 6.03 Å². The molecule has 4 rings (SSSR count). The second-order valence-electron chi connectivity index (χ2n) is 8.16. The summed E-state index contributed by atoms with van der Waals surface area (Å²) in [6.45, 7) is 4.66. The molecule has 1 saturated heterocycles. The van der Waals surface area contributed by atoms with Crippen molar-refractivity contribution in [1.82, 2.24) is 15.2 Å². The summed E-state index contributed by atoms with van der Waals surface area (Å²) < 4.78 is 10.9. The van der Waals surface area contributed by atoms with Crippen molar-refractivity contribution in [1.29, 1.82) is 0 Å². The van der Waals surface area contributed by atoms with Gasteiger partial charge in [-0.2, -0.15) is 0 Å². The lowest BCUT2D eigenvalue weighted by molar-refractivity contribution is 0.190. The second-order valence-corrected chi connectivity index (χ2v) is 8.16. The number of fused-ring (bicyclic) bond motifs is 1. The molecule has 0 spiro atoms. The van der Waals surface area contributed by atoms with Gasteiger partial charge in [-0.05, 0) is 49.1 Å². The molecule has 0 atom stereocenters. The normalized spacial score (nSPS) is 14.8. The standard InChI is InChI=1S/C25H30N4O3/c1-17-6-4-5-7-21(17)28-25(30)27-19-9-12-29(13-10-19)16-18-8-11-26-22-15-24(32-3)23(31-2)14-20(18)22/h4-8,11,14-15,19H,9-10,12-13,16H2,1-3H3,(H2,27,28,30). The maximum atomic E-state index is 12.4. The summed E-state index contributed by atoms with van der Waals surface area (Å²) in [5, 5.41) is 7.15. The van der Waals surface area contributed by atoms with Crippen LogP contribution in [-0.2, 0) is 6.54 Å². The number of ether oxygens (including phenoxy) is 2. The zero-order chi connectivity index (χ0) is 22.5. The number of urea groups is 1. The van der Waals surface area contributed by atoms with Gasteiger partial charge in [0.05, 0.1) is 19.7 Å². The topological polar surface area (TPSA) is 75.7 Å². The van der Waals surface area contributed by atoms with Crippen LogP contribution in [0.3, 0.4) is 0 Å². The maximum Gasteiger partial charge on any atom is 0.319 e. The number of hydrogen-bond acceptors (Lipinski definition) is 5. The van der Waals surface area contributed by atoms with Crippen LogP contribution in [0.1, 0.15) is 24.0 Å². The largest absolute Gasteiger partial charge is 0.493 e. The third-order valence-corrected chi connectivity index (χ3v) is 6.05. The van der Waals surface area contributed by atoms with Gasteiger partial charge in [-0.25, -0.2) is 4.79 Å². The molecule has 0 unspecified atom stereocenters. The fourth-order valence-electron chi connectivity index (χ4n) is 4.20. The Balaban J connectivity index is 1.35. The fourth-order valence-corrected chi connectivity index (χ4v) is 4.20. The van der Waals surface area contributed by atoms with Gasteiger partial charge in [0.2, 0.25) is 0 Å². The van der Waals surface area contributed by atoms with Gasteiger partial charge < -0.3 is 20.1 Å². The Kier molecular flexibility index (Phi) is 6.75. The molecule has 0 saturated carbocycles. The number of pyridine rings is 1. The highest BCUT2D eigenvalue weighted by Crippen LogP contribution is 2.33. The number of aromatic nitrogens is 1. The molecule has 2 amide bonds. The van der Waals surface area contributed by atoms with Crippen LogP contribution < -0.4 is 20.1 Å². The molecular formula is C25H30N4O3. The number of benzene rings is 2. The Bertz CT molecular complexity index is 1090. The highest BCUT2D eigenvalue weighted by Gasteiger charge is 2.22. The third kappa shape index (κ3) is 4.94. The Morgan fingerprint density at radius 3 is 2.53 bits per heavy atom. The van der Waals surface area contributed by atoms with E-state index in [1.54, 1.807) is 14.2 Å². The smallest absolute Gasteiger partial charge is 0.319 e. The summed E-state index contributed by atoms with van der Waals surface area (Å²) >= 11 is 0. The van der Waals surface area contributed by atoms with Gasteiger partial charge in [-0.1, -0.05) is 18.2 Å². The van der Waals surface area contributed by atoms with Crippen molar-refractivity contribution in [2.75, 3.05) is 32.6 Å². The van der Waals surface area contributed by atoms with E-state index in [0.717, 1.165) is 54.6 Å². The average molecular weight is 435 g/mol. The van der Waals surface area contributed by atoms with Crippen molar-refractivity contribution >= 4 is 22.6 Å². The summed E-state index contributed by atoms with van der Waals surface area (Å²) in [4.78, 5) is 19.3. The summed E-state index contributed by atoms with van der Waals surface area (Å²) in [5.74, 6) is 1.39. The van der Waals surface area contributed by atoms with Crippen LogP contribution in [0.15, 0.2) is 48.7 Å². The molecule has 1 aliphatic rings. The molecule has 3 aromatic rings. The molecule has 0 aliphatic carbocycles. The van der Waals surface area contributed by atoms with Gasteiger partial charge in [0, 0.05) is 49.0 Å². The van der Waals surface area contributed by atoms with E-state index in [1.165, 1.54) is 5.56 Å².